The van der Waals surface area contributed by atoms with Gasteiger partial charge in [0.2, 0.25) is 0 Å². The molecule has 1 aromatic carbocycles. The molecule has 3 heteroatoms. The van der Waals surface area contributed by atoms with E-state index in [9.17, 15) is 0 Å². The van der Waals surface area contributed by atoms with Gasteiger partial charge in [-0.25, -0.2) is 0 Å². The van der Waals surface area contributed by atoms with Gasteiger partial charge in [0, 0.05) is 6.32 Å². The molecule has 2 nitrogen and oxygen atoms in total. The molecule has 3 rings (SSSR count). The lowest BCUT2D eigenvalue weighted by molar-refractivity contribution is 0.00578. The van der Waals surface area contributed by atoms with Crippen molar-refractivity contribution in [3.8, 4) is 0 Å². The largest absolute Gasteiger partial charge is 0.461 e. The van der Waals surface area contributed by atoms with Gasteiger partial charge in [0.25, 0.3) is 0 Å². The van der Waals surface area contributed by atoms with Crippen molar-refractivity contribution in [3.05, 3.63) is 47.5 Å². The summed E-state index contributed by atoms with van der Waals surface area (Å²) in [5.74, 6) is 0.727. The van der Waals surface area contributed by atoms with Crippen molar-refractivity contribution in [1.82, 2.24) is 0 Å². The molecule has 0 unspecified atom stereocenters. The maximum atomic E-state index is 6.08. The molecule has 1 saturated carbocycles. The molecule has 0 N–H and O–H groups in total. The minimum atomic E-state index is -0.221. The fraction of sp³-hybridized carbons (Fsp3) is 0.600. The van der Waals surface area contributed by atoms with Crippen LogP contribution in [0, 0.1) is 0 Å². The fourth-order valence-corrected chi connectivity index (χ4v) is 3.58. The van der Waals surface area contributed by atoms with Gasteiger partial charge < -0.3 is 9.31 Å². The van der Waals surface area contributed by atoms with Gasteiger partial charge in [0.1, 0.15) is 0 Å². The SMILES string of the molecule is CC1(C)OB(CC=C2CCC(c3ccccc3)CC2)OC1(C)C. The highest BCUT2D eigenvalue weighted by Gasteiger charge is 2.50. The number of hydrogen-bond donors (Lipinski definition) is 0. The molecular formula is C20H29BO2. The number of hydrogen-bond acceptors (Lipinski definition) is 2. The van der Waals surface area contributed by atoms with Gasteiger partial charge >= 0.3 is 7.12 Å². The summed E-state index contributed by atoms with van der Waals surface area (Å²) in [4.78, 5) is 0. The van der Waals surface area contributed by atoms with Gasteiger partial charge in [-0.15, -0.1) is 0 Å². The Balaban J connectivity index is 1.52. The average Bonchev–Trinajstić information content (AvgIpc) is 2.74. The zero-order valence-corrected chi connectivity index (χ0v) is 15.0. The molecule has 0 bridgehead atoms. The number of benzene rings is 1. The van der Waals surface area contributed by atoms with Crippen LogP contribution in [0.1, 0.15) is 64.9 Å². The zero-order chi connectivity index (χ0) is 16.5. The Morgan fingerprint density at radius 2 is 1.57 bits per heavy atom. The quantitative estimate of drug-likeness (QED) is 0.552. The average molecular weight is 312 g/mol. The fourth-order valence-electron chi connectivity index (χ4n) is 3.58. The van der Waals surface area contributed by atoms with Crippen LogP contribution in [-0.2, 0) is 9.31 Å². The molecule has 0 atom stereocenters. The molecule has 2 aliphatic rings. The molecule has 1 aromatic rings. The Bertz CT molecular complexity index is 536. The minimum absolute atomic E-state index is 0.0978. The Labute approximate surface area is 141 Å². The third-order valence-electron chi connectivity index (χ3n) is 5.80. The summed E-state index contributed by atoms with van der Waals surface area (Å²) in [7, 11) is -0.0978. The summed E-state index contributed by atoms with van der Waals surface area (Å²) < 4.78 is 12.2. The van der Waals surface area contributed by atoms with Crippen molar-refractivity contribution in [2.75, 3.05) is 0 Å². The van der Waals surface area contributed by atoms with Crippen LogP contribution in [0.4, 0.5) is 0 Å². The van der Waals surface area contributed by atoms with Crippen LogP contribution in [0.3, 0.4) is 0 Å². The first-order valence-electron chi connectivity index (χ1n) is 8.96. The lowest BCUT2D eigenvalue weighted by Gasteiger charge is -2.32. The summed E-state index contributed by atoms with van der Waals surface area (Å²) in [6.07, 6.45) is 8.18. The monoisotopic (exact) mass is 312 g/mol. The first-order chi connectivity index (χ1) is 10.9. The van der Waals surface area contributed by atoms with Crippen molar-refractivity contribution >= 4 is 7.12 Å². The molecule has 0 aromatic heterocycles. The molecule has 1 heterocycles. The van der Waals surface area contributed by atoms with Crippen LogP contribution < -0.4 is 0 Å². The minimum Gasteiger partial charge on any atom is -0.403 e. The van der Waals surface area contributed by atoms with E-state index in [-0.39, 0.29) is 18.3 Å². The number of rotatable bonds is 3. The van der Waals surface area contributed by atoms with Gasteiger partial charge in [-0.3, -0.25) is 0 Å². The predicted octanol–water partition coefficient (Wildman–Crippen LogP) is 5.36. The van der Waals surface area contributed by atoms with E-state index in [1.807, 2.05) is 0 Å². The number of allylic oxidation sites excluding steroid dienone is 2. The van der Waals surface area contributed by atoms with Crippen molar-refractivity contribution in [3.63, 3.8) is 0 Å². The standard InChI is InChI=1S/C20H29BO2/c1-19(2)20(3,4)23-21(22-19)15-14-16-10-12-18(13-11-16)17-8-6-5-7-9-17/h5-9,14,18H,10-13,15H2,1-4H3. The maximum absolute atomic E-state index is 6.08. The van der Waals surface area contributed by atoms with Gasteiger partial charge in [0.05, 0.1) is 11.2 Å². The molecule has 23 heavy (non-hydrogen) atoms. The summed E-state index contributed by atoms with van der Waals surface area (Å²) in [6, 6.07) is 10.9. The molecular weight excluding hydrogens is 283 g/mol. The highest BCUT2D eigenvalue weighted by Crippen LogP contribution is 2.39. The second-order valence-corrected chi connectivity index (χ2v) is 7.97. The zero-order valence-electron chi connectivity index (χ0n) is 15.0. The maximum Gasteiger partial charge on any atom is 0.461 e. The third kappa shape index (κ3) is 3.72. The van der Waals surface area contributed by atoms with Gasteiger partial charge in [0.15, 0.2) is 0 Å². The second-order valence-electron chi connectivity index (χ2n) is 7.97. The van der Waals surface area contributed by atoms with E-state index in [1.165, 1.54) is 31.2 Å². The van der Waals surface area contributed by atoms with Crippen molar-refractivity contribution in [1.29, 1.82) is 0 Å². The van der Waals surface area contributed by atoms with E-state index in [0.717, 1.165) is 12.2 Å². The van der Waals surface area contributed by atoms with E-state index < -0.39 is 0 Å². The third-order valence-corrected chi connectivity index (χ3v) is 5.80. The predicted molar refractivity (Wildman–Crippen MR) is 96.6 cm³/mol. The smallest absolute Gasteiger partial charge is 0.403 e. The molecule has 1 aliphatic carbocycles. The summed E-state index contributed by atoms with van der Waals surface area (Å²) in [6.45, 7) is 8.47. The molecule has 124 valence electrons. The van der Waals surface area contributed by atoms with E-state index in [4.69, 9.17) is 9.31 Å². The first-order valence-corrected chi connectivity index (χ1v) is 8.96. The lowest BCUT2D eigenvalue weighted by atomic mass is 9.78. The van der Waals surface area contributed by atoms with E-state index in [1.54, 1.807) is 5.57 Å². The molecule has 1 aliphatic heterocycles. The van der Waals surface area contributed by atoms with E-state index in [0.29, 0.717) is 0 Å². The van der Waals surface area contributed by atoms with Crippen molar-refractivity contribution in [2.45, 2.75) is 76.8 Å². The summed E-state index contributed by atoms with van der Waals surface area (Å²) in [5, 5.41) is 0. The Morgan fingerprint density at radius 3 is 2.13 bits per heavy atom. The van der Waals surface area contributed by atoms with Crippen LogP contribution in [0.5, 0.6) is 0 Å². The summed E-state index contributed by atoms with van der Waals surface area (Å²) in [5.41, 5.74) is 2.63. The van der Waals surface area contributed by atoms with Gasteiger partial charge in [-0.2, -0.15) is 0 Å². The second kappa shape index (κ2) is 6.45. The van der Waals surface area contributed by atoms with Crippen molar-refractivity contribution in [2.24, 2.45) is 0 Å². The Hall–Kier alpha value is -1.06. The van der Waals surface area contributed by atoms with Gasteiger partial charge in [-0.1, -0.05) is 42.0 Å². The van der Waals surface area contributed by atoms with Crippen LogP contribution in [-0.4, -0.2) is 18.3 Å². The van der Waals surface area contributed by atoms with Crippen LogP contribution in [0.2, 0.25) is 6.32 Å². The van der Waals surface area contributed by atoms with E-state index in [2.05, 4.69) is 64.1 Å². The highest BCUT2D eigenvalue weighted by atomic mass is 16.7. The van der Waals surface area contributed by atoms with Crippen molar-refractivity contribution < 1.29 is 9.31 Å². The first kappa shape index (κ1) is 16.8. The Morgan fingerprint density at radius 1 is 1.00 bits per heavy atom. The topological polar surface area (TPSA) is 18.5 Å². The van der Waals surface area contributed by atoms with E-state index >= 15 is 0 Å². The molecule has 0 spiro atoms. The normalized spacial score (nSPS) is 26.3. The highest BCUT2D eigenvalue weighted by molar-refractivity contribution is 6.46. The van der Waals surface area contributed by atoms with Crippen LogP contribution in [0.25, 0.3) is 0 Å². The Kier molecular flexibility index (Phi) is 4.71. The summed E-state index contributed by atoms with van der Waals surface area (Å²) >= 11 is 0. The molecule has 0 radical (unpaired) electrons. The lowest BCUT2D eigenvalue weighted by Crippen LogP contribution is -2.41. The molecule has 2 fully saturated rings. The van der Waals surface area contributed by atoms with Crippen LogP contribution in [0.15, 0.2) is 42.0 Å². The molecule has 1 saturated heterocycles. The van der Waals surface area contributed by atoms with Gasteiger partial charge in [-0.05, 0) is 64.9 Å². The van der Waals surface area contributed by atoms with Crippen LogP contribution >= 0.6 is 0 Å². The molecule has 0 amide bonds.